The maximum absolute atomic E-state index is 12.1. The van der Waals surface area contributed by atoms with Crippen molar-refractivity contribution in [3.8, 4) is 0 Å². The number of aryl methyl sites for hydroxylation is 1. The van der Waals surface area contributed by atoms with Gasteiger partial charge in [-0.15, -0.1) is 23.1 Å². The Morgan fingerprint density at radius 2 is 2.17 bits per heavy atom. The molecule has 128 valence electrons. The van der Waals surface area contributed by atoms with E-state index in [4.69, 9.17) is 4.74 Å². The molecule has 6 heteroatoms. The van der Waals surface area contributed by atoms with Crippen LogP contribution in [-0.4, -0.2) is 38.0 Å². The van der Waals surface area contributed by atoms with Gasteiger partial charge in [0.2, 0.25) is 5.91 Å². The average Bonchev–Trinajstić information content (AvgIpc) is 3.11. The van der Waals surface area contributed by atoms with E-state index in [1.807, 2.05) is 19.1 Å². The highest BCUT2D eigenvalue weighted by Gasteiger charge is 2.13. The molecule has 0 atom stereocenters. The zero-order valence-corrected chi connectivity index (χ0v) is 15.4. The number of nitrogens with one attached hydrogen (secondary N) is 1. The number of thiophene rings is 1. The maximum Gasteiger partial charge on any atom is 0.234 e. The average molecular weight is 363 g/mol. The normalized spacial score (nSPS) is 14.6. The molecule has 0 unspecified atom stereocenters. The fourth-order valence-corrected chi connectivity index (χ4v) is 4.30. The van der Waals surface area contributed by atoms with Crippen LogP contribution in [0.2, 0.25) is 0 Å². The quantitative estimate of drug-likeness (QED) is 0.849. The molecule has 2 heterocycles. The predicted molar refractivity (Wildman–Crippen MR) is 103 cm³/mol. The highest BCUT2D eigenvalue weighted by molar-refractivity contribution is 7.99. The second-order valence-electron chi connectivity index (χ2n) is 5.72. The van der Waals surface area contributed by atoms with Crippen molar-refractivity contribution in [3.05, 3.63) is 46.2 Å². The molecule has 4 nitrogen and oxygen atoms in total. The molecule has 1 amide bonds. The second-order valence-corrected chi connectivity index (χ2v) is 7.74. The van der Waals surface area contributed by atoms with Gasteiger partial charge in [0.25, 0.3) is 0 Å². The molecule has 1 N–H and O–H groups in total. The lowest BCUT2D eigenvalue weighted by Crippen LogP contribution is -2.36. The van der Waals surface area contributed by atoms with Crippen LogP contribution in [0.25, 0.3) is 0 Å². The first-order chi connectivity index (χ1) is 11.7. The molecular formula is C18H22N2O2S2. The zero-order chi connectivity index (χ0) is 16.8. The van der Waals surface area contributed by atoms with Crippen LogP contribution in [0, 0.1) is 6.92 Å². The highest BCUT2D eigenvalue weighted by atomic mass is 32.2. The summed E-state index contributed by atoms with van der Waals surface area (Å²) in [6.07, 6.45) is 0. The van der Waals surface area contributed by atoms with Gasteiger partial charge in [0.05, 0.1) is 19.0 Å². The molecule has 3 rings (SSSR count). The first-order valence-corrected chi connectivity index (χ1v) is 10.1. The van der Waals surface area contributed by atoms with Crippen LogP contribution < -0.4 is 10.2 Å². The summed E-state index contributed by atoms with van der Waals surface area (Å²) in [7, 11) is 0. The largest absolute Gasteiger partial charge is 0.378 e. The summed E-state index contributed by atoms with van der Waals surface area (Å²) in [6.45, 7) is 5.44. The van der Waals surface area contributed by atoms with Gasteiger partial charge in [-0.1, -0.05) is 6.07 Å². The van der Waals surface area contributed by atoms with E-state index in [0.29, 0.717) is 5.75 Å². The van der Waals surface area contributed by atoms with Crippen LogP contribution in [0.1, 0.15) is 10.4 Å². The molecule has 2 aromatic rings. The minimum atomic E-state index is 0.0544. The maximum atomic E-state index is 12.1. The van der Waals surface area contributed by atoms with E-state index in [1.165, 1.54) is 10.6 Å². The minimum absolute atomic E-state index is 0.0544. The molecule has 1 aliphatic heterocycles. The summed E-state index contributed by atoms with van der Waals surface area (Å²) in [5.74, 6) is 1.42. The Balaban J connectivity index is 1.51. The van der Waals surface area contributed by atoms with Crippen molar-refractivity contribution in [2.45, 2.75) is 12.7 Å². The van der Waals surface area contributed by atoms with Crippen molar-refractivity contribution in [2.75, 3.05) is 42.3 Å². The third-order valence-corrected chi connectivity index (χ3v) is 5.96. The van der Waals surface area contributed by atoms with Crippen molar-refractivity contribution < 1.29 is 9.53 Å². The SMILES string of the molecule is Cc1cc(N2CCOCC2)ccc1NC(=O)CSCc1cccs1. The Bertz CT molecular complexity index is 668. The van der Waals surface area contributed by atoms with Crippen LogP contribution >= 0.6 is 23.1 Å². The van der Waals surface area contributed by atoms with Gasteiger partial charge in [-0.2, -0.15) is 0 Å². The fraction of sp³-hybridized carbons (Fsp3) is 0.389. The molecule has 1 aromatic carbocycles. The van der Waals surface area contributed by atoms with Crippen LogP contribution in [0.15, 0.2) is 35.7 Å². The molecule has 0 radical (unpaired) electrons. The number of morpholine rings is 1. The summed E-state index contributed by atoms with van der Waals surface area (Å²) in [6, 6.07) is 10.4. The van der Waals surface area contributed by atoms with Crippen LogP contribution in [0.3, 0.4) is 0 Å². The van der Waals surface area contributed by atoms with Gasteiger partial charge in [0.15, 0.2) is 0 Å². The Labute approximate surface area is 151 Å². The zero-order valence-electron chi connectivity index (χ0n) is 13.8. The van der Waals surface area contributed by atoms with Gasteiger partial charge >= 0.3 is 0 Å². The molecule has 0 saturated carbocycles. The highest BCUT2D eigenvalue weighted by Crippen LogP contribution is 2.24. The molecule has 0 bridgehead atoms. The summed E-state index contributed by atoms with van der Waals surface area (Å²) in [4.78, 5) is 15.7. The fourth-order valence-electron chi connectivity index (χ4n) is 2.63. The number of amides is 1. The van der Waals surface area contributed by atoms with Gasteiger partial charge in [-0.05, 0) is 42.1 Å². The Hall–Kier alpha value is -1.50. The molecule has 1 aromatic heterocycles. The number of ether oxygens (including phenoxy) is 1. The van der Waals surface area contributed by atoms with E-state index < -0.39 is 0 Å². The monoisotopic (exact) mass is 362 g/mol. The van der Waals surface area contributed by atoms with Crippen LogP contribution in [0.4, 0.5) is 11.4 Å². The van der Waals surface area contributed by atoms with Gasteiger partial charge in [-0.3, -0.25) is 4.79 Å². The smallest absolute Gasteiger partial charge is 0.234 e. The lowest BCUT2D eigenvalue weighted by Gasteiger charge is -2.29. The second kappa shape index (κ2) is 8.55. The van der Waals surface area contributed by atoms with E-state index in [1.54, 1.807) is 23.1 Å². The molecule has 0 spiro atoms. The molecule has 0 aliphatic carbocycles. The predicted octanol–water partition coefficient (Wildman–Crippen LogP) is 3.77. The number of benzene rings is 1. The Morgan fingerprint density at radius 3 is 2.88 bits per heavy atom. The summed E-state index contributed by atoms with van der Waals surface area (Å²) < 4.78 is 5.39. The Kier molecular flexibility index (Phi) is 6.18. The number of carbonyl (C=O) groups is 1. The molecular weight excluding hydrogens is 340 g/mol. The van der Waals surface area contributed by atoms with E-state index in [2.05, 4.69) is 33.8 Å². The molecule has 24 heavy (non-hydrogen) atoms. The first-order valence-electron chi connectivity index (χ1n) is 8.06. The third kappa shape index (κ3) is 4.75. The first kappa shape index (κ1) is 17.3. The lowest BCUT2D eigenvalue weighted by molar-refractivity contribution is -0.113. The van der Waals surface area contributed by atoms with E-state index >= 15 is 0 Å². The standard InChI is InChI=1S/C18H22N2O2S2/c1-14-11-15(20-6-8-22-9-7-20)4-5-17(14)19-18(21)13-23-12-16-3-2-10-24-16/h2-5,10-11H,6-9,12-13H2,1H3,(H,19,21). The summed E-state index contributed by atoms with van der Waals surface area (Å²) in [5.41, 5.74) is 3.19. The third-order valence-electron chi connectivity index (χ3n) is 3.92. The minimum Gasteiger partial charge on any atom is -0.378 e. The van der Waals surface area contributed by atoms with Crippen molar-refractivity contribution in [2.24, 2.45) is 0 Å². The van der Waals surface area contributed by atoms with Crippen molar-refractivity contribution in [1.82, 2.24) is 0 Å². The van der Waals surface area contributed by atoms with E-state index in [0.717, 1.165) is 43.3 Å². The number of nitrogens with zero attached hydrogens (tertiary/aromatic N) is 1. The van der Waals surface area contributed by atoms with Crippen LogP contribution in [-0.2, 0) is 15.3 Å². The summed E-state index contributed by atoms with van der Waals surface area (Å²) >= 11 is 3.38. The topological polar surface area (TPSA) is 41.6 Å². The van der Waals surface area contributed by atoms with Gasteiger partial charge in [0, 0.05) is 35.1 Å². The number of hydrogen-bond acceptors (Lipinski definition) is 5. The van der Waals surface area contributed by atoms with E-state index in [9.17, 15) is 4.79 Å². The van der Waals surface area contributed by atoms with Crippen molar-refractivity contribution in [3.63, 3.8) is 0 Å². The Morgan fingerprint density at radius 1 is 1.33 bits per heavy atom. The summed E-state index contributed by atoms with van der Waals surface area (Å²) in [5, 5.41) is 5.09. The number of thioether (sulfide) groups is 1. The van der Waals surface area contributed by atoms with Gasteiger partial charge in [0.1, 0.15) is 0 Å². The van der Waals surface area contributed by atoms with E-state index in [-0.39, 0.29) is 5.91 Å². The number of carbonyl (C=O) groups excluding carboxylic acids is 1. The van der Waals surface area contributed by atoms with Crippen molar-refractivity contribution in [1.29, 1.82) is 0 Å². The van der Waals surface area contributed by atoms with Crippen molar-refractivity contribution >= 4 is 40.4 Å². The number of rotatable bonds is 6. The van der Waals surface area contributed by atoms with Crippen LogP contribution in [0.5, 0.6) is 0 Å². The van der Waals surface area contributed by atoms with Gasteiger partial charge in [-0.25, -0.2) is 0 Å². The molecule has 1 fully saturated rings. The number of anilines is 2. The number of hydrogen-bond donors (Lipinski definition) is 1. The lowest BCUT2D eigenvalue weighted by atomic mass is 10.1. The van der Waals surface area contributed by atoms with Gasteiger partial charge < -0.3 is 15.0 Å². The molecule has 1 saturated heterocycles. The molecule has 1 aliphatic rings.